The molecule has 36 heavy (non-hydrogen) atoms. The van der Waals surface area contributed by atoms with E-state index in [4.69, 9.17) is 9.88 Å². The molecule has 0 heterocycles. The van der Waals surface area contributed by atoms with E-state index in [2.05, 4.69) is 7.05 Å². The molecule has 0 spiro atoms. The molecular formula is C25H34FLrN3O4S2-2. The van der Waals surface area contributed by atoms with Gasteiger partial charge in [0.1, 0.15) is 11.4 Å². The molecule has 0 fully saturated rings. The molecule has 2 rings (SSSR count). The van der Waals surface area contributed by atoms with Crippen LogP contribution in [0.15, 0.2) is 52.3 Å². The minimum absolute atomic E-state index is 0. The van der Waals surface area contributed by atoms with Crippen LogP contribution in [0, 0.1) is 26.3 Å². The predicted molar refractivity (Wildman–Crippen MR) is 137 cm³/mol. The van der Waals surface area contributed by atoms with E-state index in [0.29, 0.717) is 25.2 Å². The molecule has 1 amide bonds. The van der Waals surface area contributed by atoms with Gasteiger partial charge in [0.15, 0.2) is 0 Å². The maximum Gasteiger partial charge on any atom is 0.380 e. The summed E-state index contributed by atoms with van der Waals surface area (Å²) in [5, 5.41) is 4.98. The fraction of sp³-hybridized carbons (Fsp3) is 0.400. The van der Waals surface area contributed by atoms with Gasteiger partial charge in [-0.2, -0.15) is 6.92 Å². The number of nitrogens with two attached hydrogens (primary N) is 1. The fourth-order valence-electron chi connectivity index (χ4n) is 3.11. The van der Waals surface area contributed by atoms with E-state index in [-0.39, 0.29) is 16.0 Å². The van der Waals surface area contributed by atoms with Crippen LogP contribution in [0.25, 0.3) is 0 Å². The SMILES string of the molecule is [CH2-]N(CCN([CH-]C)C(=O)OC(C)(C)C)C[C@H](Sc1ccc(S(N)(=O)=O)cc1)c1ccc(C)c(F)c1.[Lr]. The largest absolute Gasteiger partial charge is 0.457 e. The summed E-state index contributed by atoms with van der Waals surface area (Å²) in [4.78, 5) is 16.5. The first-order chi connectivity index (χ1) is 16.2. The topological polar surface area (TPSA) is 92.9 Å². The number of nitrogens with zero attached hydrogens (tertiary/aromatic N) is 2. The van der Waals surface area contributed by atoms with E-state index >= 15 is 0 Å². The van der Waals surface area contributed by atoms with Crippen LogP contribution in [-0.2, 0) is 14.8 Å². The number of amides is 1. The quantitative estimate of drug-likeness (QED) is 0.266. The first-order valence-corrected chi connectivity index (χ1v) is 13.5. The first kappa shape index (κ1) is 30.9. The van der Waals surface area contributed by atoms with E-state index in [1.54, 1.807) is 38.6 Å². The molecule has 2 N–H and O–H groups in total. The number of thioether (sulfide) groups is 1. The zero-order valence-corrected chi connectivity index (χ0v) is 24.9. The van der Waals surface area contributed by atoms with Gasteiger partial charge in [-0.05, 0) is 82.2 Å². The second-order valence-electron chi connectivity index (χ2n) is 9.14. The van der Waals surface area contributed by atoms with Gasteiger partial charge in [0.25, 0.3) is 0 Å². The van der Waals surface area contributed by atoms with Crippen LogP contribution in [0.3, 0.4) is 0 Å². The molecule has 2 aromatic rings. The van der Waals surface area contributed by atoms with Crippen molar-refractivity contribution in [3.63, 3.8) is 0 Å². The maximum absolute atomic E-state index is 14.3. The van der Waals surface area contributed by atoms with Gasteiger partial charge in [-0.15, -0.1) is 11.8 Å². The van der Waals surface area contributed by atoms with Crippen molar-refractivity contribution in [1.29, 1.82) is 0 Å². The number of rotatable bonds is 10. The Labute approximate surface area is 212 Å². The Kier molecular flexibility index (Phi) is 10.9. The van der Waals surface area contributed by atoms with Gasteiger partial charge in [0, 0.05) is 16.7 Å². The Morgan fingerprint density at radius 2 is 1.81 bits per heavy atom. The van der Waals surface area contributed by atoms with Crippen molar-refractivity contribution in [2.24, 2.45) is 5.14 Å². The van der Waals surface area contributed by atoms with E-state index in [9.17, 15) is 17.6 Å². The molecule has 209 valence electrons. The molecule has 0 bridgehead atoms. The van der Waals surface area contributed by atoms with Crippen LogP contribution in [0.5, 0.6) is 0 Å². The van der Waals surface area contributed by atoms with Crippen molar-refractivity contribution in [2.75, 3.05) is 19.6 Å². The number of aryl methyl sites for hydroxylation is 1. The van der Waals surface area contributed by atoms with E-state index in [1.165, 1.54) is 34.9 Å². The molecule has 1 radical (unpaired) electrons. The van der Waals surface area contributed by atoms with Crippen molar-refractivity contribution in [1.82, 2.24) is 9.80 Å². The number of sulfonamides is 1. The summed E-state index contributed by atoms with van der Waals surface area (Å²) in [5.41, 5.74) is 0.722. The molecule has 0 aliphatic carbocycles. The van der Waals surface area contributed by atoms with Gasteiger partial charge in [-0.1, -0.05) is 12.1 Å². The fourth-order valence-corrected chi connectivity index (χ4v) is 4.82. The molecule has 0 aromatic heterocycles. The third kappa shape index (κ3) is 9.49. The summed E-state index contributed by atoms with van der Waals surface area (Å²) in [5.74, 6) is -0.301. The molecule has 0 unspecified atom stereocenters. The molecule has 0 saturated carbocycles. The summed E-state index contributed by atoms with van der Waals surface area (Å²) in [7, 11) is 0.320. The molecule has 2 aromatic carbocycles. The van der Waals surface area contributed by atoms with Gasteiger partial charge < -0.3 is 14.5 Å². The van der Waals surface area contributed by atoms with Crippen molar-refractivity contribution in [3.05, 3.63) is 73.0 Å². The van der Waals surface area contributed by atoms with E-state index in [1.807, 2.05) is 31.7 Å². The molecule has 0 aliphatic rings. The number of hydrogen-bond acceptors (Lipinski definition) is 6. The van der Waals surface area contributed by atoms with Crippen LogP contribution in [-0.4, -0.2) is 49.5 Å². The second kappa shape index (κ2) is 12.7. The standard InChI is InChI=1S/C25H34FN3O4S2.Lr/c1-7-29(24(30)33-25(3,4)5)15-14-28(6)17-23(19-9-8-18(2)22(26)16-19)34-20-10-12-21(13-11-20)35(27,31)32;/h7-13,16,23H,6,14-15,17H2,1-5H3,(H2,27,31,32);/q-2;/t23-;/m0./s1. The molecular weight excluding hydrogens is 751 g/mol. The monoisotopic (exact) mass is 785 g/mol. The number of benzene rings is 2. The van der Waals surface area contributed by atoms with Crippen molar-refractivity contribution in [3.8, 4) is 0 Å². The Hall–Kier alpha value is -3.14. The average Bonchev–Trinajstić information content (AvgIpc) is 2.74. The van der Waals surface area contributed by atoms with Gasteiger partial charge in [0.2, 0.25) is 10.0 Å². The Balaban J connectivity index is 0.00000648. The van der Waals surface area contributed by atoms with Crippen molar-refractivity contribution >= 4 is 27.9 Å². The summed E-state index contributed by atoms with van der Waals surface area (Å²) in [6.07, 6.45) is -0.435. The van der Waals surface area contributed by atoms with Gasteiger partial charge in [0.05, 0.1) is 4.90 Å². The minimum atomic E-state index is -3.79. The zero-order chi connectivity index (χ0) is 26.4. The van der Waals surface area contributed by atoms with E-state index < -0.39 is 21.7 Å². The summed E-state index contributed by atoms with van der Waals surface area (Å²) in [6.45, 7) is 11.8. The summed E-state index contributed by atoms with van der Waals surface area (Å²) >= 11 is 1.46. The average molecular weight is 786 g/mol. The molecule has 7 nitrogen and oxygen atoms in total. The second-order valence-corrected chi connectivity index (χ2v) is 12.0. The van der Waals surface area contributed by atoms with Crippen molar-refractivity contribution in [2.45, 2.75) is 55.3 Å². The Morgan fingerprint density at radius 3 is 2.31 bits per heavy atom. The third-order valence-corrected chi connectivity index (χ3v) is 7.20. The number of primary sulfonamides is 1. The Morgan fingerprint density at radius 1 is 1.19 bits per heavy atom. The van der Waals surface area contributed by atoms with Crippen LogP contribution in [0.4, 0.5) is 9.18 Å². The van der Waals surface area contributed by atoms with Gasteiger partial charge in [-0.3, -0.25) is 7.05 Å². The number of hydrogen-bond donors (Lipinski definition) is 1. The number of carbonyl (C=O) groups is 1. The number of halogens is 1. The number of carbonyl (C=O) groups excluding carboxylic acids is 1. The third-order valence-electron chi connectivity index (χ3n) is 5.02. The minimum Gasteiger partial charge on any atom is -0.457 e. The Bertz CT molecular complexity index is 1110. The van der Waals surface area contributed by atoms with Crippen LogP contribution in [0.1, 0.15) is 44.1 Å². The van der Waals surface area contributed by atoms with Gasteiger partial charge in [-0.25, -0.2) is 29.3 Å². The predicted octanol–water partition coefficient (Wildman–Crippen LogP) is 5.13. The molecule has 0 aliphatic heterocycles. The molecule has 1 atom stereocenters. The summed E-state index contributed by atoms with van der Waals surface area (Å²) < 4.78 is 42.9. The molecule has 11 heteroatoms. The smallest absolute Gasteiger partial charge is 0.380 e. The van der Waals surface area contributed by atoms with Crippen LogP contribution < -0.4 is 5.14 Å². The maximum atomic E-state index is 14.3. The van der Waals surface area contributed by atoms with Gasteiger partial charge >= 0.3 is 6.09 Å². The van der Waals surface area contributed by atoms with E-state index in [0.717, 1.165) is 10.5 Å². The molecule has 0 saturated heterocycles. The van der Waals surface area contributed by atoms with Crippen LogP contribution in [0.2, 0.25) is 0 Å². The first-order valence-electron chi connectivity index (χ1n) is 11.1. The normalized spacial score (nSPS) is 12.7. The summed E-state index contributed by atoms with van der Waals surface area (Å²) in [6, 6.07) is 11.3. The zero-order valence-electron chi connectivity index (χ0n) is 21.1. The van der Waals surface area contributed by atoms with Crippen molar-refractivity contribution < 1.29 is 22.3 Å². The van der Waals surface area contributed by atoms with Crippen LogP contribution >= 0.6 is 11.8 Å². The number of ether oxygens (including phenoxy) is 1.